The van der Waals surface area contributed by atoms with E-state index < -0.39 is 19.2 Å². The summed E-state index contributed by atoms with van der Waals surface area (Å²) in [7, 11) is 0. The summed E-state index contributed by atoms with van der Waals surface area (Å²) in [4.78, 5) is 0. The van der Waals surface area contributed by atoms with E-state index in [2.05, 4.69) is 0 Å². The van der Waals surface area contributed by atoms with E-state index in [1.165, 1.54) is 12.5 Å². The molecule has 1 saturated carbocycles. The van der Waals surface area contributed by atoms with E-state index in [-0.39, 0.29) is 5.92 Å². The van der Waals surface area contributed by atoms with Crippen molar-refractivity contribution in [2.45, 2.75) is 32.1 Å². The van der Waals surface area contributed by atoms with Gasteiger partial charge in [-0.25, -0.2) is 13.2 Å². The van der Waals surface area contributed by atoms with Gasteiger partial charge >= 0.3 is 0 Å². The molecular weight excluding hydrogens is 201 g/mol. The molecule has 1 aliphatic carbocycles. The third kappa shape index (κ3) is 4.10. The quantitative estimate of drug-likeness (QED) is 0.617. The maximum Gasteiger partial charge on any atom is 0.141 e. The molecular formula is C12H17F3. The molecule has 0 N–H and O–H groups in total. The lowest BCUT2D eigenvalue weighted by molar-refractivity contribution is 0.402. The van der Waals surface area contributed by atoms with E-state index in [0.29, 0.717) is 5.57 Å². The van der Waals surface area contributed by atoms with Crippen molar-refractivity contribution in [2.24, 2.45) is 5.92 Å². The first kappa shape index (κ1) is 12.3. The molecule has 0 aromatic carbocycles. The van der Waals surface area contributed by atoms with Crippen molar-refractivity contribution in [3.8, 4) is 0 Å². The Hall–Kier alpha value is -0.730. The molecule has 0 aromatic heterocycles. The molecule has 0 nitrogen and oxygen atoms in total. The molecule has 1 aliphatic rings. The van der Waals surface area contributed by atoms with Crippen LogP contribution in [0.2, 0.25) is 0 Å². The van der Waals surface area contributed by atoms with Crippen LogP contribution < -0.4 is 0 Å². The highest BCUT2D eigenvalue weighted by molar-refractivity contribution is 5.24. The first-order valence-electron chi connectivity index (χ1n) is 5.46. The summed E-state index contributed by atoms with van der Waals surface area (Å²) < 4.78 is 37.0. The van der Waals surface area contributed by atoms with Crippen LogP contribution in [0.1, 0.15) is 32.1 Å². The van der Waals surface area contributed by atoms with Crippen molar-refractivity contribution in [1.29, 1.82) is 0 Å². The Morgan fingerprint density at radius 2 is 1.80 bits per heavy atom. The average molecular weight is 218 g/mol. The van der Waals surface area contributed by atoms with Crippen molar-refractivity contribution in [3.63, 3.8) is 0 Å². The van der Waals surface area contributed by atoms with Gasteiger partial charge in [-0.1, -0.05) is 25.3 Å². The van der Waals surface area contributed by atoms with Crippen LogP contribution >= 0.6 is 0 Å². The van der Waals surface area contributed by atoms with Gasteiger partial charge < -0.3 is 0 Å². The Morgan fingerprint density at radius 3 is 2.33 bits per heavy atom. The van der Waals surface area contributed by atoms with Crippen molar-refractivity contribution < 1.29 is 13.2 Å². The summed E-state index contributed by atoms with van der Waals surface area (Å²) in [6.07, 6.45) is 7.83. The third-order valence-corrected chi connectivity index (χ3v) is 2.84. The van der Waals surface area contributed by atoms with E-state index in [1.807, 2.05) is 0 Å². The molecule has 0 heterocycles. The number of alkyl halides is 2. The van der Waals surface area contributed by atoms with Crippen molar-refractivity contribution in [1.82, 2.24) is 0 Å². The summed E-state index contributed by atoms with van der Waals surface area (Å²) in [6.45, 7) is -1.71. The topological polar surface area (TPSA) is 0 Å². The Kier molecular flexibility index (Phi) is 5.51. The maximum absolute atomic E-state index is 12.8. The Labute approximate surface area is 88.9 Å². The number of hydrogen-bond donors (Lipinski definition) is 0. The van der Waals surface area contributed by atoms with Gasteiger partial charge in [-0.2, -0.15) is 0 Å². The van der Waals surface area contributed by atoms with Gasteiger partial charge in [0.1, 0.15) is 19.2 Å². The van der Waals surface area contributed by atoms with Crippen LogP contribution in [0.4, 0.5) is 13.2 Å². The van der Waals surface area contributed by atoms with Crippen LogP contribution in [-0.4, -0.2) is 13.3 Å². The van der Waals surface area contributed by atoms with Gasteiger partial charge in [0, 0.05) is 0 Å². The van der Waals surface area contributed by atoms with E-state index in [4.69, 9.17) is 0 Å². The minimum Gasteiger partial charge on any atom is -0.247 e. The van der Waals surface area contributed by atoms with Gasteiger partial charge in [0.25, 0.3) is 0 Å². The summed E-state index contributed by atoms with van der Waals surface area (Å²) in [6, 6.07) is 0. The molecule has 15 heavy (non-hydrogen) atoms. The summed E-state index contributed by atoms with van der Waals surface area (Å²) in [5.74, 6) is -0.591. The second-order valence-corrected chi connectivity index (χ2v) is 3.92. The zero-order valence-electron chi connectivity index (χ0n) is 8.82. The number of hydrogen-bond acceptors (Lipinski definition) is 0. The second kappa shape index (κ2) is 6.70. The van der Waals surface area contributed by atoms with Gasteiger partial charge in [-0.05, 0) is 30.4 Å². The largest absolute Gasteiger partial charge is 0.247 e. The molecule has 0 atom stereocenters. The first-order valence-corrected chi connectivity index (χ1v) is 5.46. The van der Waals surface area contributed by atoms with Gasteiger partial charge in [0.05, 0.1) is 0 Å². The fraction of sp³-hybridized carbons (Fsp3) is 0.667. The van der Waals surface area contributed by atoms with Crippen LogP contribution in [0.3, 0.4) is 0 Å². The Morgan fingerprint density at radius 1 is 1.13 bits per heavy atom. The van der Waals surface area contributed by atoms with E-state index in [0.717, 1.165) is 31.8 Å². The predicted octanol–water partition coefficient (Wildman–Crippen LogP) is 4.29. The molecule has 86 valence electrons. The molecule has 0 saturated heterocycles. The summed E-state index contributed by atoms with van der Waals surface area (Å²) in [5.41, 5.74) is 0.632. The molecule has 0 amide bonds. The summed E-state index contributed by atoms with van der Waals surface area (Å²) in [5, 5.41) is 0. The normalized spacial score (nSPS) is 20.7. The van der Waals surface area contributed by atoms with Gasteiger partial charge in [-0.3, -0.25) is 0 Å². The van der Waals surface area contributed by atoms with E-state index >= 15 is 0 Å². The molecule has 0 aliphatic heterocycles. The van der Waals surface area contributed by atoms with E-state index in [1.54, 1.807) is 0 Å². The number of rotatable bonds is 4. The predicted molar refractivity (Wildman–Crippen MR) is 55.8 cm³/mol. The number of halogens is 3. The zero-order valence-corrected chi connectivity index (χ0v) is 8.82. The fourth-order valence-corrected chi connectivity index (χ4v) is 2.09. The van der Waals surface area contributed by atoms with Crippen LogP contribution in [-0.2, 0) is 0 Å². The lowest BCUT2D eigenvalue weighted by Gasteiger charge is -2.22. The molecule has 1 rings (SSSR count). The maximum atomic E-state index is 12.8. The van der Waals surface area contributed by atoms with Crippen LogP contribution in [0.15, 0.2) is 23.6 Å². The van der Waals surface area contributed by atoms with Gasteiger partial charge in [-0.15, -0.1) is 0 Å². The minimum absolute atomic E-state index is 0.215. The standard InChI is InChI=1S/C12H17F3/c13-7-6-11(8-12(15)9-14)10-4-2-1-3-5-10/h6,8,10H,1-5,7,9H2/b11-6+,12-8+. The van der Waals surface area contributed by atoms with Crippen LogP contribution in [0.25, 0.3) is 0 Å². The SMILES string of the molecule is FC/C=C(\C=C(\F)CF)C1CCCCC1. The fourth-order valence-electron chi connectivity index (χ4n) is 2.09. The third-order valence-electron chi connectivity index (χ3n) is 2.84. The van der Waals surface area contributed by atoms with Crippen molar-refractivity contribution >= 4 is 0 Å². The first-order chi connectivity index (χ1) is 7.27. The average Bonchev–Trinajstić information content (AvgIpc) is 2.29. The smallest absolute Gasteiger partial charge is 0.141 e. The number of allylic oxidation sites excluding steroid dienone is 4. The highest BCUT2D eigenvalue weighted by atomic mass is 19.2. The Balaban J connectivity index is 2.68. The van der Waals surface area contributed by atoms with Gasteiger partial charge in [0.15, 0.2) is 0 Å². The lowest BCUT2D eigenvalue weighted by atomic mass is 9.83. The van der Waals surface area contributed by atoms with Crippen molar-refractivity contribution in [3.05, 3.63) is 23.6 Å². The molecule has 0 unspecified atom stereocenters. The second-order valence-electron chi connectivity index (χ2n) is 3.92. The lowest BCUT2D eigenvalue weighted by Crippen LogP contribution is -2.08. The molecule has 0 spiro atoms. The molecule has 0 bridgehead atoms. The molecule has 1 fully saturated rings. The van der Waals surface area contributed by atoms with Crippen molar-refractivity contribution in [2.75, 3.05) is 13.3 Å². The van der Waals surface area contributed by atoms with E-state index in [9.17, 15) is 13.2 Å². The summed E-state index contributed by atoms with van der Waals surface area (Å²) >= 11 is 0. The van der Waals surface area contributed by atoms with Crippen LogP contribution in [0.5, 0.6) is 0 Å². The zero-order chi connectivity index (χ0) is 11.1. The highest BCUT2D eigenvalue weighted by Gasteiger charge is 2.16. The molecule has 3 heteroatoms. The highest BCUT2D eigenvalue weighted by Crippen LogP contribution is 2.31. The monoisotopic (exact) mass is 218 g/mol. The van der Waals surface area contributed by atoms with Gasteiger partial charge in [0.2, 0.25) is 0 Å². The Bertz CT molecular complexity index is 237. The van der Waals surface area contributed by atoms with Crippen LogP contribution in [0, 0.1) is 5.92 Å². The minimum atomic E-state index is -1.10. The molecule has 0 aromatic rings. The molecule has 0 radical (unpaired) electrons.